The molecule has 4 nitrogen and oxygen atoms in total. The number of carbonyl (C=O) groups is 1. The zero-order chi connectivity index (χ0) is 14.8. The van der Waals surface area contributed by atoms with Crippen molar-refractivity contribution in [1.29, 1.82) is 0 Å². The molecule has 1 fully saturated rings. The standard InChI is InChI=1S/C16H18FN3O/c1-19-15(16(21)20-8-3-2-4-9-20)11-14(18-19)12-6-5-7-13(17)10-12/h5-7,10-11H,2-4,8-9H2,1H3. The Hall–Kier alpha value is -2.17. The van der Waals surface area contributed by atoms with Gasteiger partial charge in [0.15, 0.2) is 0 Å². The van der Waals surface area contributed by atoms with Crippen LogP contribution in [0.4, 0.5) is 4.39 Å². The van der Waals surface area contributed by atoms with Crippen LogP contribution in [-0.4, -0.2) is 33.7 Å². The molecule has 1 aromatic carbocycles. The summed E-state index contributed by atoms with van der Waals surface area (Å²) in [4.78, 5) is 14.4. The van der Waals surface area contributed by atoms with E-state index < -0.39 is 0 Å². The third-order valence-electron chi connectivity index (χ3n) is 3.86. The fourth-order valence-corrected chi connectivity index (χ4v) is 2.72. The van der Waals surface area contributed by atoms with Gasteiger partial charge in [0.05, 0.1) is 5.69 Å². The first-order valence-electron chi connectivity index (χ1n) is 7.24. The van der Waals surface area contributed by atoms with E-state index >= 15 is 0 Å². The number of benzene rings is 1. The molecule has 2 heterocycles. The average Bonchev–Trinajstić information content (AvgIpc) is 2.89. The number of halogens is 1. The van der Waals surface area contributed by atoms with E-state index in [1.807, 2.05) is 4.90 Å². The topological polar surface area (TPSA) is 38.1 Å². The van der Waals surface area contributed by atoms with E-state index in [4.69, 9.17) is 0 Å². The Balaban J connectivity index is 1.89. The fraction of sp³-hybridized carbons (Fsp3) is 0.375. The molecule has 0 aliphatic carbocycles. The van der Waals surface area contributed by atoms with Crippen molar-refractivity contribution in [2.75, 3.05) is 13.1 Å². The van der Waals surface area contributed by atoms with Crippen LogP contribution in [0, 0.1) is 5.82 Å². The van der Waals surface area contributed by atoms with E-state index in [0.29, 0.717) is 17.0 Å². The Kier molecular flexibility index (Phi) is 3.73. The van der Waals surface area contributed by atoms with Crippen molar-refractivity contribution >= 4 is 5.91 Å². The minimum absolute atomic E-state index is 0.00681. The summed E-state index contributed by atoms with van der Waals surface area (Å²) in [5.41, 5.74) is 1.86. The van der Waals surface area contributed by atoms with Crippen LogP contribution in [0.25, 0.3) is 11.3 Å². The molecule has 21 heavy (non-hydrogen) atoms. The molecule has 0 saturated carbocycles. The van der Waals surface area contributed by atoms with Crippen LogP contribution >= 0.6 is 0 Å². The summed E-state index contributed by atoms with van der Waals surface area (Å²) >= 11 is 0. The molecule has 0 atom stereocenters. The second-order valence-corrected chi connectivity index (χ2v) is 5.40. The second kappa shape index (κ2) is 5.68. The molecule has 1 amide bonds. The number of rotatable bonds is 2. The summed E-state index contributed by atoms with van der Waals surface area (Å²) in [6, 6.07) is 8.00. The number of aromatic nitrogens is 2. The molecule has 1 saturated heterocycles. The first-order chi connectivity index (χ1) is 10.1. The second-order valence-electron chi connectivity index (χ2n) is 5.40. The zero-order valence-corrected chi connectivity index (χ0v) is 12.1. The molecule has 110 valence electrons. The molecule has 2 aromatic rings. The molecule has 0 N–H and O–H groups in total. The van der Waals surface area contributed by atoms with Crippen LogP contribution in [-0.2, 0) is 7.05 Å². The van der Waals surface area contributed by atoms with Gasteiger partial charge in [-0.15, -0.1) is 0 Å². The van der Waals surface area contributed by atoms with E-state index in [2.05, 4.69) is 5.10 Å². The quantitative estimate of drug-likeness (QED) is 0.852. The van der Waals surface area contributed by atoms with Gasteiger partial charge in [0.1, 0.15) is 11.5 Å². The van der Waals surface area contributed by atoms with Crippen molar-refractivity contribution in [3.8, 4) is 11.3 Å². The van der Waals surface area contributed by atoms with Gasteiger partial charge in [0.2, 0.25) is 0 Å². The van der Waals surface area contributed by atoms with E-state index in [1.54, 1.807) is 29.9 Å². The van der Waals surface area contributed by atoms with Gasteiger partial charge in [-0.2, -0.15) is 5.10 Å². The molecule has 0 bridgehead atoms. The Morgan fingerprint density at radius 3 is 2.67 bits per heavy atom. The molecular formula is C16H18FN3O. The number of likely N-dealkylation sites (tertiary alicyclic amines) is 1. The normalized spacial score (nSPS) is 15.2. The minimum atomic E-state index is -0.304. The van der Waals surface area contributed by atoms with Gasteiger partial charge in [-0.1, -0.05) is 12.1 Å². The first-order valence-corrected chi connectivity index (χ1v) is 7.24. The molecule has 3 rings (SSSR count). The molecule has 0 spiro atoms. The van der Waals surface area contributed by atoms with Crippen LogP contribution in [0.5, 0.6) is 0 Å². The van der Waals surface area contributed by atoms with Crippen molar-refractivity contribution in [3.05, 3.63) is 41.8 Å². The highest BCUT2D eigenvalue weighted by Gasteiger charge is 2.22. The highest BCUT2D eigenvalue weighted by molar-refractivity contribution is 5.93. The molecule has 0 radical (unpaired) electrons. The molecule has 0 unspecified atom stereocenters. The van der Waals surface area contributed by atoms with Crippen LogP contribution < -0.4 is 0 Å². The first kappa shape index (κ1) is 13.8. The highest BCUT2D eigenvalue weighted by atomic mass is 19.1. The van der Waals surface area contributed by atoms with E-state index in [9.17, 15) is 9.18 Å². The summed E-state index contributed by atoms with van der Waals surface area (Å²) < 4.78 is 14.9. The highest BCUT2D eigenvalue weighted by Crippen LogP contribution is 2.21. The lowest BCUT2D eigenvalue weighted by molar-refractivity contribution is 0.0713. The van der Waals surface area contributed by atoms with Crippen molar-refractivity contribution < 1.29 is 9.18 Å². The monoisotopic (exact) mass is 287 g/mol. The van der Waals surface area contributed by atoms with Crippen LogP contribution in [0.15, 0.2) is 30.3 Å². The fourth-order valence-electron chi connectivity index (χ4n) is 2.72. The van der Waals surface area contributed by atoms with Crippen molar-refractivity contribution in [1.82, 2.24) is 14.7 Å². The number of piperidine rings is 1. The summed E-state index contributed by atoms with van der Waals surface area (Å²) in [7, 11) is 1.75. The molecule has 5 heteroatoms. The molecule has 1 aliphatic rings. The number of aryl methyl sites for hydroxylation is 1. The van der Waals surface area contributed by atoms with Crippen molar-refractivity contribution in [2.24, 2.45) is 7.05 Å². The molecular weight excluding hydrogens is 269 g/mol. The van der Waals surface area contributed by atoms with E-state index in [0.717, 1.165) is 25.9 Å². The van der Waals surface area contributed by atoms with Gasteiger partial charge < -0.3 is 4.90 Å². The summed E-state index contributed by atoms with van der Waals surface area (Å²) in [5, 5.41) is 4.34. The van der Waals surface area contributed by atoms with Crippen LogP contribution in [0.2, 0.25) is 0 Å². The third-order valence-corrected chi connectivity index (χ3v) is 3.86. The van der Waals surface area contributed by atoms with E-state index in [1.165, 1.54) is 18.6 Å². The summed E-state index contributed by atoms with van der Waals surface area (Å²) in [6.45, 7) is 1.61. The van der Waals surface area contributed by atoms with Gasteiger partial charge in [-0.3, -0.25) is 9.48 Å². The minimum Gasteiger partial charge on any atom is -0.337 e. The van der Waals surface area contributed by atoms with Crippen molar-refractivity contribution in [3.63, 3.8) is 0 Å². The maximum atomic E-state index is 13.3. The van der Waals surface area contributed by atoms with Crippen LogP contribution in [0.1, 0.15) is 29.8 Å². The molecule has 1 aromatic heterocycles. The Bertz CT molecular complexity index is 659. The largest absolute Gasteiger partial charge is 0.337 e. The summed E-state index contributed by atoms with van der Waals surface area (Å²) in [6.07, 6.45) is 3.30. The number of nitrogens with zero attached hydrogens (tertiary/aromatic N) is 3. The molecule has 1 aliphatic heterocycles. The Morgan fingerprint density at radius 2 is 1.95 bits per heavy atom. The van der Waals surface area contributed by atoms with Gasteiger partial charge in [-0.05, 0) is 37.5 Å². The van der Waals surface area contributed by atoms with Gasteiger partial charge in [-0.25, -0.2) is 4.39 Å². The number of hydrogen-bond donors (Lipinski definition) is 0. The predicted molar refractivity (Wildman–Crippen MR) is 78.4 cm³/mol. The summed E-state index contributed by atoms with van der Waals surface area (Å²) in [5.74, 6) is -0.297. The maximum absolute atomic E-state index is 13.3. The number of carbonyl (C=O) groups excluding carboxylic acids is 1. The smallest absolute Gasteiger partial charge is 0.272 e. The number of hydrogen-bond acceptors (Lipinski definition) is 2. The van der Waals surface area contributed by atoms with Gasteiger partial charge >= 0.3 is 0 Å². The Labute approximate surface area is 123 Å². The van der Waals surface area contributed by atoms with Crippen LogP contribution in [0.3, 0.4) is 0 Å². The average molecular weight is 287 g/mol. The third kappa shape index (κ3) is 2.82. The Morgan fingerprint density at radius 1 is 1.19 bits per heavy atom. The van der Waals surface area contributed by atoms with Gasteiger partial charge in [0.25, 0.3) is 5.91 Å². The lowest BCUT2D eigenvalue weighted by Crippen LogP contribution is -2.36. The zero-order valence-electron chi connectivity index (χ0n) is 12.1. The predicted octanol–water partition coefficient (Wildman–Crippen LogP) is 2.85. The van der Waals surface area contributed by atoms with E-state index in [-0.39, 0.29) is 11.7 Å². The van der Waals surface area contributed by atoms with Crippen molar-refractivity contribution in [2.45, 2.75) is 19.3 Å². The SMILES string of the molecule is Cn1nc(-c2cccc(F)c2)cc1C(=O)N1CCCCC1. The number of amides is 1. The lowest BCUT2D eigenvalue weighted by atomic mass is 10.1. The lowest BCUT2D eigenvalue weighted by Gasteiger charge is -2.26. The maximum Gasteiger partial charge on any atom is 0.272 e. The van der Waals surface area contributed by atoms with Gasteiger partial charge in [0, 0.05) is 25.7 Å².